The van der Waals surface area contributed by atoms with Gasteiger partial charge in [0.05, 0.1) is 16.9 Å². The molecule has 1 aliphatic rings. The first-order chi connectivity index (χ1) is 17.0. The Balaban J connectivity index is 1.34. The molecule has 0 saturated carbocycles. The SMILES string of the molecule is Cc1ccc(-n2cc(C(=O)N3CCC(C(=O)Nc4nc(C)cs4)CC3)c(-c3ccccc3)n2)cc1. The maximum Gasteiger partial charge on any atom is 0.257 e. The predicted molar refractivity (Wildman–Crippen MR) is 138 cm³/mol. The van der Waals surface area contributed by atoms with Crippen LogP contribution in [0.5, 0.6) is 0 Å². The molecule has 178 valence electrons. The number of amides is 2. The summed E-state index contributed by atoms with van der Waals surface area (Å²) in [7, 11) is 0. The number of likely N-dealkylation sites (tertiary alicyclic amines) is 1. The summed E-state index contributed by atoms with van der Waals surface area (Å²) in [5.41, 5.74) is 5.09. The van der Waals surface area contributed by atoms with Crippen molar-refractivity contribution in [3.05, 3.63) is 83.0 Å². The molecule has 3 heterocycles. The predicted octanol–water partition coefficient (Wildman–Crippen LogP) is 5.10. The van der Waals surface area contributed by atoms with Crippen LogP contribution in [-0.4, -0.2) is 44.6 Å². The number of benzene rings is 2. The zero-order valence-electron chi connectivity index (χ0n) is 19.8. The average molecular weight is 486 g/mol. The molecule has 0 radical (unpaired) electrons. The van der Waals surface area contributed by atoms with Gasteiger partial charge in [-0.15, -0.1) is 11.3 Å². The number of nitrogens with one attached hydrogen (secondary N) is 1. The van der Waals surface area contributed by atoms with Crippen molar-refractivity contribution in [2.75, 3.05) is 18.4 Å². The molecule has 4 aromatic rings. The van der Waals surface area contributed by atoms with Gasteiger partial charge in [-0.25, -0.2) is 9.67 Å². The topological polar surface area (TPSA) is 80.1 Å². The number of aryl methyl sites for hydroxylation is 2. The highest BCUT2D eigenvalue weighted by molar-refractivity contribution is 7.13. The van der Waals surface area contributed by atoms with Crippen molar-refractivity contribution in [1.82, 2.24) is 19.7 Å². The Hall–Kier alpha value is -3.78. The largest absolute Gasteiger partial charge is 0.338 e. The second-order valence-electron chi connectivity index (χ2n) is 8.89. The zero-order valence-corrected chi connectivity index (χ0v) is 20.6. The monoisotopic (exact) mass is 485 g/mol. The van der Waals surface area contributed by atoms with Crippen molar-refractivity contribution in [3.8, 4) is 16.9 Å². The van der Waals surface area contributed by atoms with Crippen molar-refractivity contribution in [3.63, 3.8) is 0 Å². The van der Waals surface area contributed by atoms with Crippen molar-refractivity contribution in [1.29, 1.82) is 0 Å². The minimum atomic E-state index is -0.132. The summed E-state index contributed by atoms with van der Waals surface area (Å²) in [5.74, 6) is -0.215. The van der Waals surface area contributed by atoms with Crippen LogP contribution in [0, 0.1) is 19.8 Å². The number of carbonyl (C=O) groups is 2. The first-order valence-corrected chi connectivity index (χ1v) is 12.6. The van der Waals surface area contributed by atoms with E-state index in [2.05, 4.69) is 10.3 Å². The second-order valence-corrected chi connectivity index (χ2v) is 9.75. The van der Waals surface area contributed by atoms with Crippen LogP contribution in [0.25, 0.3) is 16.9 Å². The van der Waals surface area contributed by atoms with Gasteiger partial charge in [-0.1, -0.05) is 48.0 Å². The number of nitrogens with zero attached hydrogens (tertiary/aromatic N) is 4. The van der Waals surface area contributed by atoms with E-state index in [0.717, 1.165) is 22.5 Å². The number of anilines is 1. The van der Waals surface area contributed by atoms with Crippen LogP contribution in [-0.2, 0) is 4.79 Å². The van der Waals surface area contributed by atoms with Crippen LogP contribution in [0.15, 0.2) is 66.2 Å². The number of thiazole rings is 1. The third-order valence-electron chi connectivity index (χ3n) is 6.29. The van der Waals surface area contributed by atoms with E-state index in [1.54, 1.807) is 4.68 Å². The zero-order chi connectivity index (χ0) is 24.4. The quantitative estimate of drug-likeness (QED) is 0.426. The van der Waals surface area contributed by atoms with Crippen molar-refractivity contribution in [2.45, 2.75) is 26.7 Å². The minimum Gasteiger partial charge on any atom is -0.338 e. The van der Waals surface area contributed by atoms with Gasteiger partial charge < -0.3 is 10.2 Å². The third-order valence-corrected chi connectivity index (χ3v) is 7.17. The molecule has 0 aliphatic carbocycles. The van der Waals surface area contributed by atoms with Gasteiger partial charge in [-0.3, -0.25) is 9.59 Å². The Kier molecular flexibility index (Phi) is 6.46. The van der Waals surface area contributed by atoms with Crippen molar-refractivity contribution in [2.24, 2.45) is 5.92 Å². The summed E-state index contributed by atoms with van der Waals surface area (Å²) in [6.45, 7) is 5.00. The molecule has 1 saturated heterocycles. The Labute approximate surface area is 208 Å². The highest BCUT2D eigenvalue weighted by Gasteiger charge is 2.30. The maximum atomic E-state index is 13.6. The molecule has 2 aromatic carbocycles. The summed E-state index contributed by atoms with van der Waals surface area (Å²) in [6.07, 6.45) is 3.06. The number of piperidine rings is 1. The lowest BCUT2D eigenvalue weighted by Gasteiger charge is -2.31. The Morgan fingerprint density at radius 2 is 1.71 bits per heavy atom. The van der Waals surface area contributed by atoms with E-state index >= 15 is 0 Å². The number of hydrogen-bond acceptors (Lipinski definition) is 5. The molecule has 5 rings (SSSR count). The van der Waals surface area contributed by atoms with Crippen LogP contribution in [0.3, 0.4) is 0 Å². The Bertz CT molecular complexity index is 1340. The van der Waals surface area contributed by atoms with Crippen LogP contribution in [0.4, 0.5) is 5.13 Å². The molecular formula is C27H27N5O2S. The molecule has 35 heavy (non-hydrogen) atoms. The van der Waals surface area contributed by atoms with Gasteiger partial charge in [-0.05, 0) is 38.8 Å². The number of rotatable bonds is 5. The highest BCUT2D eigenvalue weighted by atomic mass is 32.1. The molecule has 0 spiro atoms. The van der Waals surface area contributed by atoms with Crippen molar-refractivity contribution < 1.29 is 9.59 Å². The summed E-state index contributed by atoms with van der Waals surface area (Å²) in [5, 5.41) is 10.2. The van der Waals surface area contributed by atoms with Gasteiger partial charge in [0.1, 0.15) is 5.69 Å². The van der Waals surface area contributed by atoms with E-state index in [-0.39, 0.29) is 17.7 Å². The van der Waals surface area contributed by atoms with E-state index in [1.807, 2.05) is 84.9 Å². The van der Waals surface area contributed by atoms with Gasteiger partial charge in [0.15, 0.2) is 5.13 Å². The normalized spacial score (nSPS) is 14.2. The lowest BCUT2D eigenvalue weighted by molar-refractivity contribution is -0.121. The molecule has 0 atom stereocenters. The number of aromatic nitrogens is 3. The lowest BCUT2D eigenvalue weighted by atomic mass is 9.95. The van der Waals surface area contributed by atoms with Crippen LogP contribution in [0.1, 0.15) is 34.5 Å². The molecule has 0 unspecified atom stereocenters. The van der Waals surface area contributed by atoms with Gasteiger partial charge in [0, 0.05) is 36.1 Å². The van der Waals surface area contributed by atoms with E-state index in [4.69, 9.17) is 5.10 Å². The first kappa shape index (κ1) is 23.0. The molecule has 7 nitrogen and oxygen atoms in total. The minimum absolute atomic E-state index is 0.0244. The van der Waals surface area contributed by atoms with Crippen LogP contribution >= 0.6 is 11.3 Å². The van der Waals surface area contributed by atoms with Crippen LogP contribution < -0.4 is 5.32 Å². The van der Waals surface area contributed by atoms with Crippen LogP contribution in [0.2, 0.25) is 0 Å². The van der Waals surface area contributed by atoms with Gasteiger partial charge in [0.2, 0.25) is 5.91 Å². The Morgan fingerprint density at radius 1 is 1.00 bits per heavy atom. The fraction of sp³-hybridized carbons (Fsp3) is 0.259. The summed E-state index contributed by atoms with van der Waals surface area (Å²) in [6, 6.07) is 17.8. The molecule has 0 bridgehead atoms. The second kappa shape index (κ2) is 9.84. The molecule has 1 aliphatic heterocycles. The van der Waals surface area contributed by atoms with Gasteiger partial charge in [0.25, 0.3) is 5.91 Å². The highest BCUT2D eigenvalue weighted by Crippen LogP contribution is 2.27. The standard InChI is InChI=1S/C27H27N5O2S/c1-18-8-10-22(11-9-18)32-16-23(24(30-32)20-6-4-3-5-7-20)26(34)31-14-12-21(13-15-31)25(33)29-27-28-19(2)17-35-27/h3-11,16-17,21H,12-15H2,1-2H3,(H,28,29,33). The van der Waals surface area contributed by atoms with E-state index in [9.17, 15) is 9.59 Å². The molecule has 2 amide bonds. The smallest absolute Gasteiger partial charge is 0.257 e. The summed E-state index contributed by atoms with van der Waals surface area (Å²) < 4.78 is 1.77. The average Bonchev–Trinajstić information content (AvgIpc) is 3.51. The van der Waals surface area contributed by atoms with Crippen molar-refractivity contribution >= 4 is 28.3 Å². The first-order valence-electron chi connectivity index (χ1n) is 11.7. The number of carbonyl (C=O) groups excluding carboxylic acids is 2. The van der Waals surface area contributed by atoms with E-state index in [0.29, 0.717) is 42.3 Å². The maximum absolute atomic E-state index is 13.6. The molecule has 2 aromatic heterocycles. The molecule has 1 N–H and O–H groups in total. The molecule has 1 fully saturated rings. The number of hydrogen-bond donors (Lipinski definition) is 1. The van der Waals surface area contributed by atoms with E-state index in [1.165, 1.54) is 11.3 Å². The lowest BCUT2D eigenvalue weighted by Crippen LogP contribution is -2.41. The molecule has 8 heteroatoms. The third kappa shape index (κ3) is 5.02. The van der Waals surface area contributed by atoms with E-state index < -0.39 is 0 Å². The summed E-state index contributed by atoms with van der Waals surface area (Å²) in [4.78, 5) is 32.5. The van der Waals surface area contributed by atoms with Gasteiger partial charge in [-0.2, -0.15) is 5.10 Å². The molecular weight excluding hydrogens is 458 g/mol. The van der Waals surface area contributed by atoms with Gasteiger partial charge >= 0.3 is 0 Å². The fourth-order valence-corrected chi connectivity index (χ4v) is 4.99. The fourth-order valence-electron chi connectivity index (χ4n) is 4.30. The summed E-state index contributed by atoms with van der Waals surface area (Å²) >= 11 is 1.43. The Morgan fingerprint density at radius 3 is 2.37 bits per heavy atom.